The molecule has 0 radical (unpaired) electrons. The number of hydrogen-bond donors (Lipinski definition) is 1. The normalized spacial score (nSPS) is 21.7. The molecular weight excluding hydrogens is 242 g/mol. The number of amides is 1. The van der Waals surface area contributed by atoms with Gasteiger partial charge in [-0.05, 0) is 14.0 Å². The van der Waals surface area contributed by atoms with Crippen molar-refractivity contribution >= 4 is 5.91 Å². The third kappa shape index (κ3) is 2.94. The highest BCUT2D eigenvalue weighted by Crippen LogP contribution is 2.18. The third-order valence-corrected chi connectivity index (χ3v) is 3.63. The number of nitrogens with zero attached hydrogens (tertiary/aromatic N) is 4. The third-order valence-electron chi connectivity index (χ3n) is 3.63. The molecule has 0 bridgehead atoms. The van der Waals surface area contributed by atoms with Crippen LogP contribution in [-0.2, 0) is 5.41 Å². The highest BCUT2D eigenvalue weighted by molar-refractivity contribution is 5.90. The standard InChI is InChI=1S/C13H23N5O/c1-9-8-18(7-6-17(9)5)11(19)10-14-12(16-15-10)13(2,3)4/h9H,6-8H2,1-5H3,(H,14,15,16). The molecule has 1 unspecified atom stereocenters. The zero-order valence-corrected chi connectivity index (χ0v) is 12.4. The number of carbonyl (C=O) groups excluding carboxylic acids is 1. The maximum absolute atomic E-state index is 12.4. The second kappa shape index (κ2) is 4.92. The molecule has 1 aromatic rings. The number of likely N-dealkylation sites (N-methyl/N-ethyl adjacent to an activating group) is 1. The van der Waals surface area contributed by atoms with Gasteiger partial charge in [0.15, 0.2) is 0 Å². The summed E-state index contributed by atoms with van der Waals surface area (Å²) in [6, 6.07) is 0.374. The van der Waals surface area contributed by atoms with Gasteiger partial charge in [-0.3, -0.25) is 9.89 Å². The molecule has 1 N–H and O–H groups in total. The molecular formula is C13H23N5O. The number of carbonyl (C=O) groups is 1. The van der Waals surface area contributed by atoms with Crippen LogP contribution in [-0.4, -0.2) is 63.6 Å². The number of aromatic amines is 1. The van der Waals surface area contributed by atoms with E-state index in [1.54, 1.807) is 0 Å². The summed E-state index contributed by atoms with van der Waals surface area (Å²) in [5.41, 5.74) is -0.124. The lowest BCUT2D eigenvalue weighted by Crippen LogP contribution is -2.52. The molecule has 19 heavy (non-hydrogen) atoms. The van der Waals surface area contributed by atoms with Gasteiger partial charge in [0.2, 0.25) is 5.82 Å². The van der Waals surface area contributed by atoms with E-state index < -0.39 is 0 Å². The SMILES string of the molecule is CC1CN(C(=O)c2n[nH]c(C(C)(C)C)n2)CCN1C. The van der Waals surface area contributed by atoms with Crippen molar-refractivity contribution in [2.24, 2.45) is 0 Å². The molecule has 1 amide bonds. The van der Waals surface area contributed by atoms with E-state index >= 15 is 0 Å². The second-order valence-corrected chi connectivity index (χ2v) is 6.34. The summed E-state index contributed by atoms with van der Waals surface area (Å²) in [4.78, 5) is 20.8. The van der Waals surface area contributed by atoms with Crippen molar-refractivity contribution in [1.82, 2.24) is 25.0 Å². The molecule has 6 nitrogen and oxygen atoms in total. The summed E-state index contributed by atoms with van der Waals surface area (Å²) in [5.74, 6) is 0.950. The fraction of sp³-hybridized carbons (Fsp3) is 0.769. The van der Waals surface area contributed by atoms with E-state index in [4.69, 9.17) is 0 Å². The van der Waals surface area contributed by atoms with E-state index in [9.17, 15) is 4.79 Å². The van der Waals surface area contributed by atoms with Crippen LogP contribution in [0.15, 0.2) is 0 Å². The van der Waals surface area contributed by atoms with E-state index in [1.807, 2.05) is 25.7 Å². The minimum atomic E-state index is -0.124. The van der Waals surface area contributed by atoms with Crippen molar-refractivity contribution in [3.05, 3.63) is 11.6 Å². The van der Waals surface area contributed by atoms with Crippen LogP contribution in [0.3, 0.4) is 0 Å². The molecule has 0 saturated carbocycles. The van der Waals surface area contributed by atoms with Gasteiger partial charge in [0.05, 0.1) is 0 Å². The Balaban J connectivity index is 2.10. The van der Waals surface area contributed by atoms with Gasteiger partial charge in [-0.2, -0.15) is 0 Å². The molecule has 6 heteroatoms. The van der Waals surface area contributed by atoms with Crippen molar-refractivity contribution in [2.45, 2.75) is 39.2 Å². The molecule has 0 aromatic carbocycles. The quantitative estimate of drug-likeness (QED) is 0.818. The average molecular weight is 265 g/mol. The fourth-order valence-corrected chi connectivity index (χ4v) is 2.07. The van der Waals surface area contributed by atoms with Crippen molar-refractivity contribution in [2.75, 3.05) is 26.7 Å². The molecule has 2 rings (SSSR count). The molecule has 1 aliphatic heterocycles. The van der Waals surface area contributed by atoms with Crippen molar-refractivity contribution in [1.29, 1.82) is 0 Å². The van der Waals surface area contributed by atoms with E-state index in [1.165, 1.54) is 0 Å². The lowest BCUT2D eigenvalue weighted by Gasteiger charge is -2.37. The zero-order valence-electron chi connectivity index (χ0n) is 12.4. The highest BCUT2D eigenvalue weighted by atomic mass is 16.2. The monoisotopic (exact) mass is 265 g/mol. The number of hydrogen-bond acceptors (Lipinski definition) is 4. The number of rotatable bonds is 1. The van der Waals surface area contributed by atoms with Gasteiger partial charge < -0.3 is 9.80 Å². The zero-order chi connectivity index (χ0) is 14.2. The van der Waals surface area contributed by atoms with Crippen LogP contribution in [0.2, 0.25) is 0 Å². The average Bonchev–Trinajstić information content (AvgIpc) is 2.81. The number of nitrogens with one attached hydrogen (secondary N) is 1. The van der Waals surface area contributed by atoms with Crippen LogP contribution in [0.25, 0.3) is 0 Å². The molecule has 1 aliphatic rings. The van der Waals surface area contributed by atoms with Crippen LogP contribution in [0.1, 0.15) is 44.1 Å². The topological polar surface area (TPSA) is 65.1 Å². The lowest BCUT2D eigenvalue weighted by molar-refractivity contribution is 0.0561. The lowest BCUT2D eigenvalue weighted by atomic mass is 9.96. The van der Waals surface area contributed by atoms with Crippen LogP contribution >= 0.6 is 0 Å². The first-order valence-electron chi connectivity index (χ1n) is 6.71. The van der Waals surface area contributed by atoms with E-state index in [0.717, 1.165) is 25.5 Å². The summed E-state index contributed by atoms with van der Waals surface area (Å²) < 4.78 is 0. The summed E-state index contributed by atoms with van der Waals surface area (Å²) in [6.45, 7) is 10.6. The predicted molar refractivity (Wildman–Crippen MR) is 73.1 cm³/mol. The molecule has 1 aromatic heterocycles. The van der Waals surface area contributed by atoms with Crippen molar-refractivity contribution in [3.8, 4) is 0 Å². The van der Waals surface area contributed by atoms with Crippen LogP contribution in [0.5, 0.6) is 0 Å². The molecule has 1 atom stereocenters. The minimum Gasteiger partial charge on any atom is -0.333 e. The molecule has 0 aliphatic carbocycles. The number of aromatic nitrogens is 3. The van der Waals surface area contributed by atoms with Crippen LogP contribution in [0.4, 0.5) is 0 Å². The first kappa shape index (κ1) is 14.0. The fourth-order valence-electron chi connectivity index (χ4n) is 2.07. The maximum atomic E-state index is 12.4. The Kier molecular flexibility index (Phi) is 3.62. The Morgan fingerprint density at radius 1 is 1.37 bits per heavy atom. The minimum absolute atomic E-state index is 0.0771. The largest absolute Gasteiger partial charge is 0.333 e. The van der Waals surface area contributed by atoms with Crippen molar-refractivity contribution in [3.63, 3.8) is 0 Å². The Bertz CT molecular complexity index is 462. The summed E-state index contributed by atoms with van der Waals surface area (Å²) >= 11 is 0. The van der Waals surface area contributed by atoms with Crippen LogP contribution < -0.4 is 0 Å². The molecule has 2 heterocycles. The number of piperazine rings is 1. The summed E-state index contributed by atoms with van der Waals surface area (Å²) in [6.07, 6.45) is 0. The smallest absolute Gasteiger partial charge is 0.293 e. The Morgan fingerprint density at radius 2 is 2.05 bits per heavy atom. The van der Waals surface area contributed by atoms with Gasteiger partial charge in [-0.15, -0.1) is 5.10 Å². The summed E-state index contributed by atoms with van der Waals surface area (Å²) in [7, 11) is 2.08. The van der Waals surface area contributed by atoms with Gasteiger partial charge >= 0.3 is 0 Å². The predicted octanol–water partition coefficient (Wildman–Crippen LogP) is 0.878. The van der Waals surface area contributed by atoms with Gasteiger partial charge in [0.25, 0.3) is 5.91 Å². The Morgan fingerprint density at radius 3 is 2.58 bits per heavy atom. The molecule has 1 fully saturated rings. The van der Waals surface area contributed by atoms with Gasteiger partial charge in [-0.1, -0.05) is 20.8 Å². The van der Waals surface area contributed by atoms with E-state index in [2.05, 4.69) is 34.1 Å². The molecule has 106 valence electrons. The number of H-pyrrole nitrogens is 1. The van der Waals surface area contributed by atoms with Crippen LogP contribution in [0, 0.1) is 0 Å². The Hall–Kier alpha value is -1.43. The summed E-state index contributed by atoms with van der Waals surface area (Å²) in [5, 5.41) is 6.93. The van der Waals surface area contributed by atoms with E-state index in [0.29, 0.717) is 6.04 Å². The van der Waals surface area contributed by atoms with Gasteiger partial charge in [-0.25, -0.2) is 4.98 Å². The Labute approximate surface area is 114 Å². The molecule has 1 saturated heterocycles. The maximum Gasteiger partial charge on any atom is 0.293 e. The van der Waals surface area contributed by atoms with Crippen molar-refractivity contribution < 1.29 is 4.79 Å². The molecule has 0 spiro atoms. The first-order valence-corrected chi connectivity index (χ1v) is 6.71. The van der Waals surface area contributed by atoms with E-state index in [-0.39, 0.29) is 17.1 Å². The highest BCUT2D eigenvalue weighted by Gasteiger charge is 2.28. The van der Waals surface area contributed by atoms with Gasteiger partial charge in [0, 0.05) is 31.1 Å². The van der Waals surface area contributed by atoms with Gasteiger partial charge in [0.1, 0.15) is 5.82 Å². The first-order chi connectivity index (χ1) is 8.79. The second-order valence-electron chi connectivity index (χ2n) is 6.34.